The summed E-state index contributed by atoms with van der Waals surface area (Å²) in [6, 6.07) is 11.6. The Morgan fingerprint density at radius 1 is 1.12 bits per heavy atom. The number of nitrogens with one attached hydrogen (secondary N) is 1. The van der Waals surface area contributed by atoms with Gasteiger partial charge < -0.3 is 10.2 Å². The van der Waals surface area contributed by atoms with Gasteiger partial charge in [-0.25, -0.2) is 8.42 Å². The number of rotatable bonds is 9. The van der Waals surface area contributed by atoms with Crippen molar-refractivity contribution in [2.45, 2.75) is 40.3 Å². The molecule has 0 aromatic heterocycles. The summed E-state index contributed by atoms with van der Waals surface area (Å²) < 4.78 is 26.3. The number of anilines is 1. The first-order valence-electron chi connectivity index (χ1n) is 10.3. The van der Waals surface area contributed by atoms with E-state index in [1.165, 1.54) is 4.90 Å². The van der Waals surface area contributed by atoms with E-state index in [9.17, 15) is 18.0 Å². The summed E-state index contributed by atoms with van der Waals surface area (Å²) in [7, 11) is -3.76. The van der Waals surface area contributed by atoms with Crippen LogP contribution in [0.25, 0.3) is 0 Å². The van der Waals surface area contributed by atoms with E-state index in [-0.39, 0.29) is 12.5 Å². The first-order valence-corrected chi connectivity index (χ1v) is 12.5. The van der Waals surface area contributed by atoms with Crippen LogP contribution in [0.3, 0.4) is 0 Å². The third-order valence-electron chi connectivity index (χ3n) is 5.12. The van der Waals surface area contributed by atoms with Crippen LogP contribution in [-0.4, -0.2) is 50.5 Å². The molecule has 1 atom stereocenters. The highest BCUT2D eigenvalue weighted by Crippen LogP contribution is 2.25. The van der Waals surface area contributed by atoms with Gasteiger partial charge in [0.2, 0.25) is 21.8 Å². The predicted octanol–water partition coefficient (Wildman–Crippen LogP) is 3.28. The number of carbonyl (C=O) groups excluding carboxylic acids is 2. The average molecular weight is 480 g/mol. The maximum absolute atomic E-state index is 13.4. The van der Waals surface area contributed by atoms with Crippen molar-refractivity contribution in [3.8, 4) is 0 Å². The van der Waals surface area contributed by atoms with Gasteiger partial charge in [0.1, 0.15) is 12.6 Å². The van der Waals surface area contributed by atoms with Gasteiger partial charge in [-0.15, -0.1) is 0 Å². The Balaban J connectivity index is 2.43. The molecule has 0 unspecified atom stereocenters. The summed E-state index contributed by atoms with van der Waals surface area (Å²) >= 11 is 6.28. The lowest BCUT2D eigenvalue weighted by molar-refractivity contribution is -0.139. The number of aryl methyl sites for hydroxylation is 2. The second kappa shape index (κ2) is 10.8. The molecule has 9 heteroatoms. The summed E-state index contributed by atoms with van der Waals surface area (Å²) in [6.45, 7) is 7.15. The van der Waals surface area contributed by atoms with Gasteiger partial charge in [-0.2, -0.15) is 0 Å². The zero-order chi connectivity index (χ0) is 24.1. The van der Waals surface area contributed by atoms with Gasteiger partial charge in [-0.05, 0) is 51.0 Å². The summed E-state index contributed by atoms with van der Waals surface area (Å²) in [5.74, 6) is -0.834. The fraction of sp³-hybridized carbons (Fsp3) is 0.391. The highest BCUT2D eigenvalue weighted by molar-refractivity contribution is 7.92. The van der Waals surface area contributed by atoms with E-state index in [4.69, 9.17) is 11.6 Å². The normalized spacial score (nSPS) is 12.2. The molecule has 0 bridgehead atoms. The molecule has 0 spiro atoms. The molecule has 32 heavy (non-hydrogen) atoms. The van der Waals surface area contributed by atoms with Gasteiger partial charge in [0.15, 0.2) is 0 Å². The van der Waals surface area contributed by atoms with E-state index in [0.717, 1.165) is 21.7 Å². The van der Waals surface area contributed by atoms with Gasteiger partial charge in [-0.3, -0.25) is 13.9 Å². The monoisotopic (exact) mass is 479 g/mol. The first kappa shape index (κ1) is 25.7. The molecule has 2 amide bonds. The lowest BCUT2D eigenvalue weighted by atomic mass is 10.1. The number of benzene rings is 2. The Kier molecular flexibility index (Phi) is 8.69. The quantitative estimate of drug-likeness (QED) is 0.598. The highest BCUT2D eigenvalue weighted by atomic mass is 35.5. The van der Waals surface area contributed by atoms with E-state index in [2.05, 4.69) is 5.32 Å². The standard InChI is InChI=1S/C23H30ClN3O4S/c1-6-25-23(29)18(4)26(14-19-9-7-8-10-20(19)24)22(28)15-27(32(5,30)31)21-12-11-16(2)13-17(21)3/h7-13,18H,6,14-15H2,1-5H3,(H,25,29)/t18-/m0/s1. The highest BCUT2D eigenvalue weighted by Gasteiger charge is 2.30. The van der Waals surface area contributed by atoms with Crippen molar-refractivity contribution in [3.05, 3.63) is 64.2 Å². The van der Waals surface area contributed by atoms with Crippen molar-refractivity contribution in [2.75, 3.05) is 23.7 Å². The minimum atomic E-state index is -3.76. The van der Waals surface area contributed by atoms with E-state index >= 15 is 0 Å². The summed E-state index contributed by atoms with van der Waals surface area (Å²) in [6.07, 6.45) is 1.06. The number of hydrogen-bond acceptors (Lipinski definition) is 4. The molecule has 1 N–H and O–H groups in total. The molecule has 0 saturated heterocycles. The Hall–Kier alpha value is -2.58. The predicted molar refractivity (Wildman–Crippen MR) is 128 cm³/mol. The van der Waals surface area contributed by atoms with Crippen LogP contribution in [0.2, 0.25) is 5.02 Å². The molecule has 7 nitrogen and oxygen atoms in total. The van der Waals surface area contributed by atoms with Crippen LogP contribution < -0.4 is 9.62 Å². The van der Waals surface area contributed by atoms with Crippen molar-refractivity contribution in [1.29, 1.82) is 0 Å². The Labute approximate surface area is 195 Å². The Bertz CT molecular complexity index is 1090. The van der Waals surface area contributed by atoms with Crippen LogP contribution in [0.5, 0.6) is 0 Å². The molecular formula is C23H30ClN3O4S. The second-order valence-corrected chi connectivity index (χ2v) is 10.1. The van der Waals surface area contributed by atoms with Crippen LogP contribution in [0.1, 0.15) is 30.5 Å². The topological polar surface area (TPSA) is 86.8 Å². The van der Waals surface area contributed by atoms with Gasteiger partial charge in [0.05, 0.1) is 11.9 Å². The Morgan fingerprint density at radius 2 is 1.78 bits per heavy atom. The minimum absolute atomic E-state index is 0.0707. The fourth-order valence-corrected chi connectivity index (χ4v) is 4.50. The zero-order valence-electron chi connectivity index (χ0n) is 19.1. The molecule has 0 aliphatic heterocycles. The van der Waals surface area contributed by atoms with Gasteiger partial charge in [-0.1, -0.05) is 47.5 Å². The molecule has 2 rings (SSSR count). The summed E-state index contributed by atoms with van der Waals surface area (Å²) in [5.41, 5.74) is 2.81. The van der Waals surface area contributed by atoms with Crippen LogP contribution in [-0.2, 0) is 26.2 Å². The molecule has 0 aliphatic rings. The molecule has 0 fully saturated rings. The maximum atomic E-state index is 13.4. The number of likely N-dealkylation sites (N-methyl/N-ethyl adjacent to an activating group) is 1. The minimum Gasteiger partial charge on any atom is -0.355 e. The number of hydrogen-bond donors (Lipinski definition) is 1. The zero-order valence-corrected chi connectivity index (χ0v) is 20.6. The third kappa shape index (κ3) is 6.46. The van der Waals surface area contributed by atoms with E-state index < -0.39 is 28.5 Å². The van der Waals surface area contributed by atoms with E-state index in [1.807, 2.05) is 13.0 Å². The molecule has 0 aliphatic carbocycles. The van der Waals surface area contributed by atoms with E-state index in [0.29, 0.717) is 22.8 Å². The van der Waals surface area contributed by atoms with Crippen molar-refractivity contribution < 1.29 is 18.0 Å². The fourth-order valence-electron chi connectivity index (χ4n) is 3.39. The smallest absolute Gasteiger partial charge is 0.244 e. The summed E-state index contributed by atoms with van der Waals surface area (Å²) in [5, 5.41) is 3.17. The number of amides is 2. The lowest BCUT2D eigenvalue weighted by Gasteiger charge is -2.32. The second-order valence-electron chi connectivity index (χ2n) is 7.74. The molecule has 2 aromatic carbocycles. The third-order valence-corrected chi connectivity index (χ3v) is 6.61. The average Bonchev–Trinajstić information content (AvgIpc) is 2.70. The van der Waals surface area contributed by atoms with Gasteiger partial charge in [0.25, 0.3) is 0 Å². The molecule has 0 heterocycles. The summed E-state index contributed by atoms with van der Waals surface area (Å²) in [4.78, 5) is 27.3. The molecule has 2 aromatic rings. The number of halogens is 1. The van der Waals surface area contributed by atoms with Crippen molar-refractivity contribution in [1.82, 2.24) is 10.2 Å². The molecule has 0 radical (unpaired) electrons. The van der Waals surface area contributed by atoms with Crippen LogP contribution in [0, 0.1) is 13.8 Å². The maximum Gasteiger partial charge on any atom is 0.244 e. The lowest BCUT2D eigenvalue weighted by Crippen LogP contribution is -2.51. The first-order chi connectivity index (χ1) is 15.0. The van der Waals surface area contributed by atoms with Crippen LogP contribution >= 0.6 is 11.6 Å². The van der Waals surface area contributed by atoms with Gasteiger partial charge in [0, 0.05) is 18.1 Å². The van der Waals surface area contributed by atoms with Crippen LogP contribution in [0.15, 0.2) is 42.5 Å². The molecular weight excluding hydrogens is 450 g/mol. The van der Waals surface area contributed by atoms with Gasteiger partial charge >= 0.3 is 0 Å². The molecule has 0 saturated carbocycles. The van der Waals surface area contributed by atoms with Crippen LogP contribution in [0.4, 0.5) is 5.69 Å². The molecule has 174 valence electrons. The number of sulfonamides is 1. The SMILES string of the molecule is CCNC(=O)[C@H](C)N(Cc1ccccc1Cl)C(=O)CN(c1ccc(C)cc1C)S(C)(=O)=O. The van der Waals surface area contributed by atoms with Crippen molar-refractivity contribution in [2.24, 2.45) is 0 Å². The number of carbonyl (C=O) groups is 2. The van der Waals surface area contributed by atoms with Crippen molar-refractivity contribution in [3.63, 3.8) is 0 Å². The Morgan fingerprint density at radius 3 is 2.34 bits per heavy atom. The van der Waals surface area contributed by atoms with Crippen molar-refractivity contribution >= 4 is 39.1 Å². The van der Waals surface area contributed by atoms with E-state index in [1.54, 1.807) is 57.2 Å². The largest absolute Gasteiger partial charge is 0.355 e. The number of nitrogens with zero attached hydrogens (tertiary/aromatic N) is 2.